The van der Waals surface area contributed by atoms with Crippen LogP contribution in [0.25, 0.3) is 22.5 Å². The zero-order valence-electron chi connectivity index (χ0n) is 29.2. The van der Waals surface area contributed by atoms with E-state index < -0.39 is 0 Å². The van der Waals surface area contributed by atoms with Gasteiger partial charge in [-0.05, 0) is 74.5 Å². The van der Waals surface area contributed by atoms with Gasteiger partial charge in [0.15, 0.2) is 0 Å². The summed E-state index contributed by atoms with van der Waals surface area (Å²) in [6.07, 6.45) is 10.8. The van der Waals surface area contributed by atoms with Crippen LogP contribution in [0.5, 0.6) is 28.7 Å². The van der Waals surface area contributed by atoms with E-state index in [1.54, 1.807) is 76.6 Å². The summed E-state index contributed by atoms with van der Waals surface area (Å²) in [7, 11) is 3.73. The largest absolute Gasteiger partial charge is 0.491 e. The summed E-state index contributed by atoms with van der Waals surface area (Å²) < 4.78 is 20.9. The van der Waals surface area contributed by atoms with Crippen molar-refractivity contribution in [1.82, 2.24) is 29.5 Å². The zero-order chi connectivity index (χ0) is 36.5. The van der Waals surface area contributed by atoms with Gasteiger partial charge in [0.1, 0.15) is 28.7 Å². The maximum Gasteiger partial charge on any atom is 0.255 e. The van der Waals surface area contributed by atoms with E-state index in [0.29, 0.717) is 39.9 Å². The number of benzene rings is 3. The molecule has 0 spiro atoms. The summed E-state index contributed by atoms with van der Waals surface area (Å²) in [5, 5.41) is 11.2. The first-order valence-corrected chi connectivity index (χ1v) is 16.5. The Balaban J connectivity index is 0.000000198. The number of pyridine rings is 2. The molecule has 0 aliphatic rings. The van der Waals surface area contributed by atoms with Gasteiger partial charge in [-0.2, -0.15) is 10.2 Å². The maximum atomic E-state index is 12.6. The van der Waals surface area contributed by atoms with Crippen molar-refractivity contribution < 1.29 is 19.0 Å². The third-order valence-corrected chi connectivity index (χ3v) is 7.37. The maximum absolute atomic E-state index is 12.6. The van der Waals surface area contributed by atoms with Gasteiger partial charge in [0, 0.05) is 91.2 Å². The van der Waals surface area contributed by atoms with E-state index in [0.717, 1.165) is 28.3 Å². The summed E-state index contributed by atoms with van der Waals surface area (Å²) in [6.45, 7) is 3.92. The van der Waals surface area contributed by atoms with E-state index in [1.165, 1.54) is 0 Å². The first-order valence-electron chi connectivity index (χ1n) is 16.5. The predicted molar refractivity (Wildman–Crippen MR) is 200 cm³/mol. The number of aryl methyl sites for hydroxylation is 2. The van der Waals surface area contributed by atoms with E-state index >= 15 is 0 Å². The van der Waals surface area contributed by atoms with Crippen LogP contribution in [0.15, 0.2) is 134 Å². The molecule has 0 bridgehead atoms. The first-order chi connectivity index (χ1) is 25.2. The second kappa shape index (κ2) is 16.2. The number of hydrogen-bond acceptors (Lipinski definition) is 9. The number of hydrogen-bond donors (Lipinski definition) is 2. The number of nitrogen functional groups attached to an aromatic ring is 1. The highest BCUT2D eigenvalue weighted by Crippen LogP contribution is 2.28. The number of anilines is 2. The van der Waals surface area contributed by atoms with Crippen LogP contribution < -0.4 is 25.3 Å². The average Bonchev–Trinajstić information content (AvgIpc) is 3.77. The van der Waals surface area contributed by atoms with Gasteiger partial charge in [-0.3, -0.25) is 24.1 Å². The Hall–Kier alpha value is -6.95. The summed E-state index contributed by atoms with van der Waals surface area (Å²) >= 11 is 0. The van der Waals surface area contributed by atoms with Gasteiger partial charge in [-0.15, -0.1) is 0 Å². The number of nitrogens with zero attached hydrogens (tertiary/aromatic N) is 6. The fourth-order valence-electron chi connectivity index (χ4n) is 5.02. The molecule has 3 N–H and O–H groups in total. The fraction of sp³-hybridized carbons (Fsp3) is 0.125. The molecule has 7 rings (SSSR count). The second-order valence-corrected chi connectivity index (χ2v) is 12.0. The summed E-state index contributed by atoms with van der Waals surface area (Å²) in [5.74, 6) is 3.18. The molecule has 0 saturated carbocycles. The number of nitrogens with two attached hydrogens (primary N) is 1. The van der Waals surface area contributed by atoms with Crippen LogP contribution >= 0.6 is 0 Å². The van der Waals surface area contributed by atoms with Crippen molar-refractivity contribution in [2.24, 2.45) is 14.1 Å². The molecule has 0 saturated heterocycles. The Kier molecular flexibility index (Phi) is 10.9. The van der Waals surface area contributed by atoms with Gasteiger partial charge < -0.3 is 25.3 Å². The van der Waals surface area contributed by atoms with Crippen molar-refractivity contribution >= 4 is 17.3 Å². The Morgan fingerprint density at radius 2 is 1.21 bits per heavy atom. The molecule has 52 heavy (non-hydrogen) atoms. The molecule has 1 amide bonds. The monoisotopic (exact) mass is 694 g/mol. The number of carbonyl (C=O) groups excluding carboxylic acids is 1. The van der Waals surface area contributed by atoms with Gasteiger partial charge in [-0.1, -0.05) is 12.1 Å². The third-order valence-electron chi connectivity index (χ3n) is 7.37. The molecule has 0 unspecified atom stereocenters. The molecule has 0 fully saturated rings. The number of ether oxygens (including phenoxy) is 3. The molecular formula is C40H38N8O4. The number of nitrogens with one attached hydrogen (secondary N) is 1. The van der Waals surface area contributed by atoms with Crippen LogP contribution in [0.3, 0.4) is 0 Å². The molecule has 0 aliphatic carbocycles. The fourth-order valence-corrected chi connectivity index (χ4v) is 5.02. The van der Waals surface area contributed by atoms with Crippen molar-refractivity contribution in [2.75, 3.05) is 11.1 Å². The molecule has 3 aromatic carbocycles. The van der Waals surface area contributed by atoms with Crippen LogP contribution in [-0.2, 0) is 14.1 Å². The van der Waals surface area contributed by atoms with Crippen LogP contribution in [0.1, 0.15) is 24.2 Å². The summed E-state index contributed by atoms with van der Waals surface area (Å²) in [4.78, 5) is 21.3. The van der Waals surface area contributed by atoms with Gasteiger partial charge in [0.05, 0.1) is 29.9 Å². The lowest BCUT2D eigenvalue weighted by molar-refractivity contribution is 0.102. The van der Waals surface area contributed by atoms with Gasteiger partial charge in [-0.25, -0.2) is 0 Å². The van der Waals surface area contributed by atoms with Crippen molar-refractivity contribution in [2.45, 2.75) is 20.0 Å². The molecule has 7 aromatic rings. The first kappa shape index (κ1) is 34.9. The molecule has 0 atom stereocenters. The van der Waals surface area contributed by atoms with Gasteiger partial charge in [0.2, 0.25) is 0 Å². The number of carbonyl (C=O) groups is 1. The van der Waals surface area contributed by atoms with E-state index in [-0.39, 0.29) is 12.0 Å². The normalized spacial score (nSPS) is 10.6. The van der Waals surface area contributed by atoms with Crippen molar-refractivity contribution in [3.8, 4) is 51.3 Å². The Labute approximate surface area is 301 Å². The molecule has 0 aliphatic heterocycles. The predicted octanol–water partition coefficient (Wildman–Crippen LogP) is 8.17. The third kappa shape index (κ3) is 9.60. The zero-order valence-corrected chi connectivity index (χ0v) is 29.2. The quantitative estimate of drug-likeness (QED) is 0.135. The Bertz CT molecular complexity index is 2260. The minimum Gasteiger partial charge on any atom is -0.491 e. The van der Waals surface area contributed by atoms with E-state index in [9.17, 15) is 4.79 Å². The van der Waals surface area contributed by atoms with Gasteiger partial charge in [0.25, 0.3) is 5.91 Å². The standard InChI is InChI=1S/C25H24N4O3.C15H14N4O/c1-17(2)31-21-9-7-18(8-10-21)25(30)28-20-5-4-6-22(13-20)32-23-11-12-26-24(14-23)19-15-27-29(3)16-19;1-19-10-11(9-18-19)15-8-14(5-6-17-15)20-13-4-2-3-12(16)7-13/h4-17H,1-3H3,(H,28,30);2-10H,16H2,1H3. The minimum atomic E-state index is -0.207. The smallest absolute Gasteiger partial charge is 0.255 e. The molecule has 0 radical (unpaired) electrons. The Morgan fingerprint density at radius 1 is 0.673 bits per heavy atom. The lowest BCUT2D eigenvalue weighted by Gasteiger charge is -2.11. The average molecular weight is 695 g/mol. The number of rotatable bonds is 10. The highest BCUT2D eigenvalue weighted by atomic mass is 16.5. The highest BCUT2D eigenvalue weighted by Gasteiger charge is 2.10. The number of amides is 1. The lowest BCUT2D eigenvalue weighted by atomic mass is 10.2. The van der Waals surface area contributed by atoms with Crippen molar-refractivity contribution in [3.63, 3.8) is 0 Å². The van der Waals surface area contributed by atoms with Gasteiger partial charge >= 0.3 is 0 Å². The SMILES string of the molecule is CC(C)Oc1ccc(C(=O)Nc2cccc(Oc3ccnc(-c4cnn(C)c4)c3)c2)cc1.Cn1cc(-c2cc(Oc3cccc(N)c3)ccn2)cn1. The van der Waals surface area contributed by atoms with Crippen molar-refractivity contribution in [3.05, 3.63) is 140 Å². The molecular weight excluding hydrogens is 656 g/mol. The summed E-state index contributed by atoms with van der Waals surface area (Å²) in [5.41, 5.74) is 11.0. The van der Waals surface area contributed by atoms with E-state index in [1.807, 2.05) is 94.9 Å². The van der Waals surface area contributed by atoms with Crippen LogP contribution in [-0.4, -0.2) is 41.5 Å². The van der Waals surface area contributed by atoms with Crippen LogP contribution in [0.4, 0.5) is 11.4 Å². The van der Waals surface area contributed by atoms with Crippen molar-refractivity contribution in [1.29, 1.82) is 0 Å². The Morgan fingerprint density at radius 3 is 1.73 bits per heavy atom. The lowest BCUT2D eigenvalue weighted by Crippen LogP contribution is -2.12. The molecule has 12 nitrogen and oxygen atoms in total. The number of aromatic nitrogens is 6. The summed E-state index contributed by atoms with van der Waals surface area (Å²) in [6, 6.07) is 28.9. The topological polar surface area (TPSA) is 144 Å². The molecule has 12 heteroatoms. The molecule has 4 heterocycles. The van der Waals surface area contributed by atoms with Crippen LogP contribution in [0, 0.1) is 0 Å². The van der Waals surface area contributed by atoms with E-state index in [2.05, 4.69) is 25.5 Å². The molecule has 4 aromatic heterocycles. The minimum absolute atomic E-state index is 0.0817. The van der Waals surface area contributed by atoms with Crippen LogP contribution in [0.2, 0.25) is 0 Å². The highest BCUT2D eigenvalue weighted by molar-refractivity contribution is 6.04. The van der Waals surface area contributed by atoms with E-state index in [4.69, 9.17) is 19.9 Å². The molecule has 262 valence electrons. The second-order valence-electron chi connectivity index (χ2n) is 12.0.